The molecule has 0 saturated carbocycles. The summed E-state index contributed by atoms with van der Waals surface area (Å²) in [4.78, 5) is 10.7. The summed E-state index contributed by atoms with van der Waals surface area (Å²) in [7, 11) is 0. The van der Waals surface area contributed by atoms with Gasteiger partial charge in [0.25, 0.3) is 0 Å². The van der Waals surface area contributed by atoms with E-state index in [4.69, 9.17) is 9.84 Å². The molecule has 0 unspecified atom stereocenters. The number of carbonyl (C=O) groups is 1. The minimum absolute atomic E-state index is 0.194. The largest absolute Gasteiger partial charge is 0.483 e. The lowest BCUT2D eigenvalue weighted by atomic mass is 10.00. The summed E-state index contributed by atoms with van der Waals surface area (Å²) in [6, 6.07) is 2.69. The summed E-state index contributed by atoms with van der Waals surface area (Å²) in [6.07, 6.45) is 3.25. The highest BCUT2D eigenvalue weighted by Crippen LogP contribution is 2.33. The molecule has 1 aliphatic heterocycles. The van der Waals surface area contributed by atoms with Gasteiger partial charge >= 0.3 is 5.97 Å². The van der Waals surface area contributed by atoms with E-state index in [2.05, 4.69) is 0 Å². The molecule has 1 aromatic carbocycles. The van der Waals surface area contributed by atoms with Gasteiger partial charge in [-0.15, -0.1) is 0 Å². The number of halogens is 1. The van der Waals surface area contributed by atoms with Crippen LogP contribution >= 0.6 is 0 Å². The molecule has 0 atom stereocenters. The Labute approximate surface area is 92.2 Å². The summed E-state index contributed by atoms with van der Waals surface area (Å²) in [6.45, 7) is 3.69. The zero-order chi connectivity index (χ0) is 11.9. The van der Waals surface area contributed by atoms with E-state index in [0.717, 1.165) is 0 Å². The molecule has 1 aromatic rings. The molecule has 1 heterocycles. The molecule has 0 aliphatic carbocycles. The fourth-order valence-electron chi connectivity index (χ4n) is 1.59. The van der Waals surface area contributed by atoms with Crippen LogP contribution in [0.25, 0.3) is 6.08 Å². The van der Waals surface area contributed by atoms with Gasteiger partial charge in [0, 0.05) is 0 Å². The summed E-state index contributed by atoms with van der Waals surface area (Å²) < 4.78 is 19.3. The van der Waals surface area contributed by atoms with E-state index < -0.39 is 17.4 Å². The number of rotatable bonds is 1. The molecule has 0 amide bonds. The van der Waals surface area contributed by atoms with Crippen molar-refractivity contribution in [2.24, 2.45) is 0 Å². The van der Waals surface area contributed by atoms with Gasteiger partial charge in [-0.25, -0.2) is 9.18 Å². The number of aromatic carboxylic acids is 1. The molecule has 1 aliphatic rings. The van der Waals surface area contributed by atoms with Gasteiger partial charge < -0.3 is 9.84 Å². The SMILES string of the molecule is CC1(C)C=Cc2c(ccc(C(=O)O)c2F)O1. The predicted octanol–water partition coefficient (Wildman–Crippen LogP) is 2.71. The van der Waals surface area contributed by atoms with Crippen LogP contribution in [0.1, 0.15) is 29.8 Å². The number of ether oxygens (including phenoxy) is 1. The normalized spacial score (nSPS) is 16.4. The Morgan fingerprint density at radius 1 is 1.44 bits per heavy atom. The van der Waals surface area contributed by atoms with Gasteiger partial charge in [0.2, 0.25) is 0 Å². The number of benzene rings is 1. The standard InChI is InChI=1S/C12H11FO3/c1-12(2)6-5-7-9(16-12)4-3-8(10(7)13)11(14)15/h3-6H,1-2H3,(H,14,15). The van der Waals surface area contributed by atoms with Crippen molar-refractivity contribution >= 4 is 12.0 Å². The average molecular weight is 222 g/mol. The molecule has 84 valence electrons. The van der Waals surface area contributed by atoms with E-state index in [9.17, 15) is 9.18 Å². The third-order valence-corrected chi connectivity index (χ3v) is 2.39. The van der Waals surface area contributed by atoms with Crippen molar-refractivity contribution in [2.75, 3.05) is 0 Å². The van der Waals surface area contributed by atoms with Gasteiger partial charge in [-0.2, -0.15) is 0 Å². The van der Waals surface area contributed by atoms with Crippen LogP contribution < -0.4 is 4.74 Å². The predicted molar refractivity (Wildman–Crippen MR) is 57.1 cm³/mol. The van der Waals surface area contributed by atoms with E-state index in [1.54, 1.807) is 12.2 Å². The van der Waals surface area contributed by atoms with Crippen LogP contribution in [0.3, 0.4) is 0 Å². The lowest BCUT2D eigenvalue weighted by Gasteiger charge is -2.28. The Morgan fingerprint density at radius 2 is 2.12 bits per heavy atom. The molecular formula is C12H11FO3. The Kier molecular flexibility index (Phi) is 2.22. The highest BCUT2D eigenvalue weighted by Gasteiger charge is 2.25. The second-order valence-electron chi connectivity index (χ2n) is 4.18. The maximum atomic E-state index is 13.7. The van der Waals surface area contributed by atoms with Gasteiger partial charge in [-0.3, -0.25) is 0 Å². The molecule has 1 N–H and O–H groups in total. The van der Waals surface area contributed by atoms with Gasteiger partial charge in [0.05, 0.1) is 11.1 Å². The number of hydrogen-bond acceptors (Lipinski definition) is 2. The smallest absolute Gasteiger partial charge is 0.338 e. The molecule has 0 aromatic heterocycles. The lowest BCUT2D eigenvalue weighted by Crippen LogP contribution is -2.28. The fraction of sp³-hybridized carbons (Fsp3) is 0.250. The first kappa shape index (κ1) is 10.7. The molecule has 0 radical (unpaired) electrons. The van der Waals surface area contributed by atoms with Crippen molar-refractivity contribution in [1.82, 2.24) is 0 Å². The van der Waals surface area contributed by atoms with Crippen LogP contribution in [0, 0.1) is 5.82 Å². The number of carboxylic acids is 1. The zero-order valence-electron chi connectivity index (χ0n) is 8.95. The highest BCUT2D eigenvalue weighted by molar-refractivity contribution is 5.89. The number of carboxylic acid groups (broad SMARTS) is 1. The van der Waals surface area contributed by atoms with Gasteiger partial charge in [-0.1, -0.05) is 0 Å². The van der Waals surface area contributed by atoms with E-state index in [-0.39, 0.29) is 11.1 Å². The summed E-state index contributed by atoms with van der Waals surface area (Å²) in [5, 5.41) is 8.76. The first-order valence-electron chi connectivity index (χ1n) is 4.85. The monoisotopic (exact) mass is 222 g/mol. The molecule has 0 bridgehead atoms. The van der Waals surface area contributed by atoms with Crippen LogP contribution in [-0.2, 0) is 0 Å². The maximum absolute atomic E-state index is 13.7. The van der Waals surface area contributed by atoms with Crippen LogP contribution in [0.4, 0.5) is 4.39 Å². The van der Waals surface area contributed by atoms with E-state index in [1.807, 2.05) is 13.8 Å². The summed E-state index contributed by atoms with van der Waals surface area (Å²) >= 11 is 0. The van der Waals surface area contributed by atoms with Crippen molar-refractivity contribution in [3.63, 3.8) is 0 Å². The lowest BCUT2D eigenvalue weighted by molar-refractivity contribution is 0.0691. The minimum Gasteiger partial charge on any atom is -0.483 e. The molecule has 0 spiro atoms. The van der Waals surface area contributed by atoms with Gasteiger partial charge in [0.1, 0.15) is 17.2 Å². The van der Waals surface area contributed by atoms with Crippen molar-refractivity contribution in [3.8, 4) is 5.75 Å². The van der Waals surface area contributed by atoms with Crippen molar-refractivity contribution in [3.05, 3.63) is 35.2 Å². The van der Waals surface area contributed by atoms with Crippen molar-refractivity contribution in [2.45, 2.75) is 19.4 Å². The third-order valence-electron chi connectivity index (χ3n) is 2.39. The zero-order valence-corrected chi connectivity index (χ0v) is 8.95. The summed E-state index contributed by atoms with van der Waals surface area (Å²) in [5.74, 6) is -1.66. The molecule has 3 nitrogen and oxygen atoms in total. The molecule has 0 fully saturated rings. The number of hydrogen-bond donors (Lipinski definition) is 1. The van der Waals surface area contributed by atoms with Crippen molar-refractivity contribution in [1.29, 1.82) is 0 Å². The molecule has 16 heavy (non-hydrogen) atoms. The molecule has 2 rings (SSSR count). The van der Waals surface area contributed by atoms with Crippen LogP contribution in [0.2, 0.25) is 0 Å². The quantitative estimate of drug-likeness (QED) is 0.794. The first-order chi connectivity index (χ1) is 7.41. The van der Waals surface area contributed by atoms with Crippen LogP contribution in [0.15, 0.2) is 18.2 Å². The Balaban J connectivity index is 2.57. The number of fused-ring (bicyclic) bond motifs is 1. The highest BCUT2D eigenvalue weighted by atomic mass is 19.1. The van der Waals surface area contributed by atoms with E-state index in [0.29, 0.717) is 5.75 Å². The third kappa shape index (κ3) is 1.66. The molecular weight excluding hydrogens is 211 g/mol. The van der Waals surface area contributed by atoms with Gasteiger partial charge in [-0.05, 0) is 38.1 Å². The molecule has 0 saturated heterocycles. The van der Waals surface area contributed by atoms with Crippen LogP contribution in [0.5, 0.6) is 5.75 Å². The van der Waals surface area contributed by atoms with Crippen molar-refractivity contribution < 1.29 is 19.0 Å². The topological polar surface area (TPSA) is 46.5 Å². The minimum atomic E-state index is -1.28. The van der Waals surface area contributed by atoms with Gasteiger partial charge in [0.15, 0.2) is 0 Å². The van der Waals surface area contributed by atoms with E-state index >= 15 is 0 Å². The first-order valence-corrected chi connectivity index (χ1v) is 4.85. The Morgan fingerprint density at radius 3 is 2.75 bits per heavy atom. The summed E-state index contributed by atoms with van der Waals surface area (Å²) in [5.41, 5.74) is -0.643. The second-order valence-corrected chi connectivity index (χ2v) is 4.18. The average Bonchev–Trinajstić information content (AvgIpc) is 2.15. The molecule has 4 heteroatoms. The second kappa shape index (κ2) is 3.33. The Hall–Kier alpha value is -1.84. The van der Waals surface area contributed by atoms with Crippen LogP contribution in [-0.4, -0.2) is 16.7 Å². The Bertz CT molecular complexity index is 489. The van der Waals surface area contributed by atoms with E-state index in [1.165, 1.54) is 12.1 Å². The fourth-order valence-corrected chi connectivity index (χ4v) is 1.59. The maximum Gasteiger partial charge on any atom is 0.338 e.